The van der Waals surface area contributed by atoms with E-state index in [-0.39, 0.29) is 30.4 Å². The molecule has 0 aromatic heterocycles. The first kappa shape index (κ1) is 19.6. The molecule has 1 fully saturated rings. The number of hydrogen-bond donors (Lipinski definition) is 0. The summed E-state index contributed by atoms with van der Waals surface area (Å²) < 4.78 is 18.7. The van der Waals surface area contributed by atoms with Crippen molar-refractivity contribution in [3.8, 4) is 5.75 Å². The van der Waals surface area contributed by atoms with Crippen molar-refractivity contribution in [2.45, 2.75) is 32.5 Å². The average molecular weight is 391 g/mol. The number of ether oxygens (including phenoxy) is 1. The molecule has 27 heavy (non-hydrogen) atoms. The Balaban J connectivity index is 1.55. The summed E-state index contributed by atoms with van der Waals surface area (Å²) in [6.45, 7) is 6.40. The third-order valence-corrected chi connectivity index (χ3v) is 5.03. The SMILES string of the molecule is C[C@H]1CN(Cc2ccc(F)cc2)C[C@H](C)N1C(=O)COc1ccc(Cl)cc1. The van der Waals surface area contributed by atoms with Crippen LogP contribution in [0.3, 0.4) is 0 Å². The van der Waals surface area contributed by atoms with Gasteiger partial charge in [-0.2, -0.15) is 0 Å². The Hall–Kier alpha value is -2.11. The van der Waals surface area contributed by atoms with Gasteiger partial charge in [0.25, 0.3) is 5.91 Å². The standard InChI is InChI=1S/C21H24ClFN2O2/c1-15-11-24(13-17-3-7-19(23)8-4-17)12-16(2)25(15)21(26)14-27-20-9-5-18(22)6-10-20/h3-10,15-16H,11-14H2,1-2H3/t15-,16-/m0/s1. The van der Waals surface area contributed by atoms with Crippen LogP contribution in [0.15, 0.2) is 48.5 Å². The highest BCUT2D eigenvalue weighted by Crippen LogP contribution is 2.20. The van der Waals surface area contributed by atoms with Crippen molar-refractivity contribution in [3.63, 3.8) is 0 Å². The Bertz CT molecular complexity index is 755. The summed E-state index contributed by atoms with van der Waals surface area (Å²) in [6.07, 6.45) is 0. The van der Waals surface area contributed by atoms with Gasteiger partial charge in [0.05, 0.1) is 0 Å². The van der Waals surface area contributed by atoms with Crippen LogP contribution in [0, 0.1) is 5.82 Å². The van der Waals surface area contributed by atoms with Crippen LogP contribution in [0.1, 0.15) is 19.4 Å². The predicted molar refractivity (Wildman–Crippen MR) is 104 cm³/mol. The molecule has 0 radical (unpaired) electrons. The van der Waals surface area contributed by atoms with E-state index in [4.69, 9.17) is 16.3 Å². The van der Waals surface area contributed by atoms with Crippen molar-refractivity contribution < 1.29 is 13.9 Å². The summed E-state index contributed by atoms with van der Waals surface area (Å²) >= 11 is 5.86. The van der Waals surface area contributed by atoms with E-state index in [1.54, 1.807) is 24.3 Å². The Morgan fingerprint density at radius 3 is 2.26 bits per heavy atom. The number of benzene rings is 2. The summed E-state index contributed by atoms with van der Waals surface area (Å²) in [5, 5.41) is 0.633. The van der Waals surface area contributed by atoms with Gasteiger partial charge in [-0.3, -0.25) is 9.69 Å². The number of piperazine rings is 1. The molecular formula is C21H24ClFN2O2. The molecule has 1 saturated heterocycles. The van der Waals surface area contributed by atoms with Gasteiger partial charge >= 0.3 is 0 Å². The first-order valence-corrected chi connectivity index (χ1v) is 9.46. The number of hydrogen-bond acceptors (Lipinski definition) is 3. The maximum absolute atomic E-state index is 13.1. The van der Waals surface area contributed by atoms with E-state index < -0.39 is 0 Å². The van der Waals surface area contributed by atoms with E-state index in [0.29, 0.717) is 10.8 Å². The molecule has 0 saturated carbocycles. The van der Waals surface area contributed by atoms with E-state index in [9.17, 15) is 9.18 Å². The second kappa shape index (κ2) is 8.72. The molecule has 0 aliphatic carbocycles. The van der Waals surface area contributed by atoms with Crippen molar-refractivity contribution in [2.24, 2.45) is 0 Å². The number of carbonyl (C=O) groups is 1. The quantitative estimate of drug-likeness (QED) is 0.774. The van der Waals surface area contributed by atoms with Gasteiger partial charge < -0.3 is 9.64 Å². The molecule has 3 rings (SSSR count). The molecule has 2 aromatic carbocycles. The molecular weight excluding hydrogens is 367 g/mol. The maximum atomic E-state index is 13.1. The second-order valence-electron chi connectivity index (χ2n) is 7.06. The zero-order chi connectivity index (χ0) is 19.4. The fourth-order valence-corrected chi connectivity index (χ4v) is 3.78. The van der Waals surface area contributed by atoms with Crippen molar-refractivity contribution >= 4 is 17.5 Å². The van der Waals surface area contributed by atoms with E-state index in [1.807, 2.05) is 30.9 Å². The van der Waals surface area contributed by atoms with E-state index in [1.165, 1.54) is 12.1 Å². The third kappa shape index (κ3) is 5.21. The molecule has 2 aromatic rings. The molecule has 1 aliphatic heterocycles. The Kier molecular flexibility index (Phi) is 6.34. The molecule has 0 unspecified atom stereocenters. The Labute approximate surface area is 164 Å². The fourth-order valence-electron chi connectivity index (χ4n) is 3.65. The summed E-state index contributed by atoms with van der Waals surface area (Å²) in [5.74, 6) is 0.381. The van der Waals surface area contributed by atoms with Gasteiger partial charge in [0.15, 0.2) is 6.61 Å². The van der Waals surface area contributed by atoms with E-state index in [0.717, 1.165) is 25.2 Å². The summed E-state index contributed by atoms with van der Waals surface area (Å²) in [4.78, 5) is 16.9. The monoisotopic (exact) mass is 390 g/mol. The topological polar surface area (TPSA) is 32.8 Å². The zero-order valence-electron chi connectivity index (χ0n) is 15.6. The summed E-state index contributed by atoms with van der Waals surface area (Å²) in [5.41, 5.74) is 1.07. The highest BCUT2D eigenvalue weighted by atomic mass is 35.5. The van der Waals surface area contributed by atoms with Crippen LogP contribution in [0.4, 0.5) is 4.39 Å². The summed E-state index contributed by atoms with van der Waals surface area (Å²) in [6, 6.07) is 13.7. The van der Waals surface area contributed by atoms with E-state index >= 15 is 0 Å². The Morgan fingerprint density at radius 1 is 1.07 bits per heavy atom. The number of halogens is 2. The molecule has 2 atom stereocenters. The minimum absolute atomic E-state index is 0.00821. The molecule has 4 nitrogen and oxygen atoms in total. The lowest BCUT2D eigenvalue weighted by Gasteiger charge is -2.44. The van der Waals surface area contributed by atoms with Gasteiger partial charge in [0.1, 0.15) is 11.6 Å². The van der Waals surface area contributed by atoms with Crippen molar-refractivity contribution in [1.29, 1.82) is 0 Å². The van der Waals surface area contributed by atoms with Crippen molar-refractivity contribution in [2.75, 3.05) is 19.7 Å². The second-order valence-corrected chi connectivity index (χ2v) is 7.50. The lowest BCUT2D eigenvalue weighted by Crippen LogP contribution is -2.59. The highest BCUT2D eigenvalue weighted by molar-refractivity contribution is 6.30. The number of rotatable bonds is 5. The smallest absolute Gasteiger partial charge is 0.261 e. The van der Waals surface area contributed by atoms with E-state index in [2.05, 4.69) is 4.90 Å². The van der Waals surface area contributed by atoms with Gasteiger partial charge in [-0.25, -0.2) is 4.39 Å². The number of carbonyl (C=O) groups excluding carboxylic acids is 1. The van der Waals surface area contributed by atoms with Gasteiger partial charge in [-0.1, -0.05) is 23.7 Å². The third-order valence-electron chi connectivity index (χ3n) is 4.78. The van der Waals surface area contributed by atoms with Gasteiger partial charge in [-0.05, 0) is 55.8 Å². The molecule has 144 valence electrons. The molecule has 1 amide bonds. The minimum atomic E-state index is -0.225. The van der Waals surface area contributed by atoms with Crippen LogP contribution in [-0.2, 0) is 11.3 Å². The molecule has 0 N–H and O–H groups in total. The van der Waals surface area contributed by atoms with Crippen LogP contribution in [0.2, 0.25) is 5.02 Å². The molecule has 1 aliphatic rings. The van der Waals surface area contributed by atoms with Gasteiger partial charge in [-0.15, -0.1) is 0 Å². The normalized spacial score (nSPS) is 20.5. The lowest BCUT2D eigenvalue weighted by atomic mass is 10.1. The predicted octanol–water partition coefficient (Wildman–Crippen LogP) is 3.98. The first-order chi connectivity index (χ1) is 12.9. The molecule has 0 spiro atoms. The van der Waals surface area contributed by atoms with Crippen molar-refractivity contribution in [3.05, 3.63) is 64.9 Å². The summed E-state index contributed by atoms with van der Waals surface area (Å²) in [7, 11) is 0. The zero-order valence-corrected chi connectivity index (χ0v) is 16.3. The molecule has 1 heterocycles. The lowest BCUT2D eigenvalue weighted by molar-refractivity contribution is -0.141. The first-order valence-electron chi connectivity index (χ1n) is 9.08. The number of nitrogens with zero attached hydrogens (tertiary/aromatic N) is 2. The van der Waals surface area contributed by atoms with Crippen LogP contribution in [-0.4, -0.2) is 47.5 Å². The largest absolute Gasteiger partial charge is 0.484 e. The minimum Gasteiger partial charge on any atom is -0.484 e. The number of amides is 1. The van der Waals surface area contributed by atoms with Crippen molar-refractivity contribution in [1.82, 2.24) is 9.80 Å². The van der Waals surface area contributed by atoms with Crippen LogP contribution >= 0.6 is 11.6 Å². The molecule has 6 heteroatoms. The average Bonchev–Trinajstić information content (AvgIpc) is 2.62. The highest BCUT2D eigenvalue weighted by Gasteiger charge is 2.32. The fraction of sp³-hybridized carbons (Fsp3) is 0.381. The van der Waals surface area contributed by atoms with Crippen LogP contribution in [0.25, 0.3) is 0 Å². The van der Waals surface area contributed by atoms with Gasteiger partial charge in [0.2, 0.25) is 0 Å². The van der Waals surface area contributed by atoms with Crippen LogP contribution in [0.5, 0.6) is 5.75 Å². The van der Waals surface area contributed by atoms with Gasteiger partial charge in [0, 0.05) is 36.7 Å². The Morgan fingerprint density at radius 2 is 1.67 bits per heavy atom. The molecule has 0 bridgehead atoms. The maximum Gasteiger partial charge on any atom is 0.261 e. The van der Waals surface area contributed by atoms with Crippen LogP contribution < -0.4 is 4.74 Å².